The van der Waals surface area contributed by atoms with E-state index in [1.165, 1.54) is 19.3 Å². The van der Waals surface area contributed by atoms with Crippen LogP contribution in [-0.2, 0) is 0 Å². The van der Waals surface area contributed by atoms with E-state index < -0.39 is 0 Å². The van der Waals surface area contributed by atoms with Gasteiger partial charge in [-0.2, -0.15) is 0 Å². The molecule has 0 aromatic carbocycles. The highest BCUT2D eigenvalue weighted by Gasteiger charge is 2.31. The molecule has 2 fully saturated rings. The largest absolute Gasteiger partial charge is 0.351 e. The Hall–Kier alpha value is -1.62. The van der Waals surface area contributed by atoms with Crippen LogP contribution in [0.2, 0.25) is 0 Å². The number of anilines is 1. The van der Waals surface area contributed by atoms with Crippen LogP contribution in [0, 0.1) is 5.92 Å². The molecule has 2 N–H and O–H groups in total. The number of aromatic nitrogens is 3. The van der Waals surface area contributed by atoms with E-state index in [-0.39, 0.29) is 0 Å². The molecule has 100 valence electrons. The maximum atomic E-state index is 4.57. The van der Waals surface area contributed by atoms with Gasteiger partial charge in [0.2, 0.25) is 0 Å². The lowest BCUT2D eigenvalue weighted by molar-refractivity contribution is 0.601. The highest BCUT2D eigenvalue weighted by molar-refractivity contribution is 5.87. The van der Waals surface area contributed by atoms with Gasteiger partial charge in [-0.25, -0.2) is 9.97 Å². The minimum atomic E-state index is 0.577. The molecule has 0 radical (unpaired) electrons. The summed E-state index contributed by atoms with van der Waals surface area (Å²) in [7, 11) is 0. The molecule has 2 aromatic rings. The first-order valence-corrected chi connectivity index (χ1v) is 7.17. The standard InChI is InChI=1S/C14H19N5/c1-2-10(1)8-19(11-3-5-15-7-11)14-12-4-6-16-13(12)17-9-18-14/h4,6,9-11,15H,1-3,5,7-8H2,(H,16,17,18). The van der Waals surface area contributed by atoms with Gasteiger partial charge in [0.1, 0.15) is 17.8 Å². The van der Waals surface area contributed by atoms with Crippen molar-refractivity contribution in [3.63, 3.8) is 0 Å². The molecule has 5 nitrogen and oxygen atoms in total. The van der Waals surface area contributed by atoms with Gasteiger partial charge in [0, 0.05) is 25.3 Å². The number of aromatic amines is 1. The van der Waals surface area contributed by atoms with Crippen molar-refractivity contribution in [2.24, 2.45) is 5.92 Å². The molecule has 0 spiro atoms. The highest BCUT2D eigenvalue weighted by atomic mass is 15.3. The van der Waals surface area contributed by atoms with Crippen molar-refractivity contribution >= 4 is 16.9 Å². The summed E-state index contributed by atoms with van der Waals surface area (Å²) in [5, 5.41) is 4.61. The zero-order valence-corrected chi connectivity index (χ0v) is 11.0. The van der Waals surface area contributed by atoms with Crippen LogP contribution in [0.15, 0.2) is 18.6 Å². The zero-order chi connectivity index (χ0) is 12.7. The van der Waals surface area contributed by atoms with Crippen LogP contribution in [0.25, 0.3) is 11.0 Å². The van der Waals surface area contributed by atoms with Crippen molar-refractivity contribution in [1.82, 2.24) is 20.3 Å². The van der Waals surface area contributed by atoms with Gasteiger partial charge in [-0.3, -0.25) is 0 Å². The normalized spacial score (nSPS) is 23.1. The number of fused-ring (bicyclic) bond motifs is 1. The van der Waals surface area contributed by atoms with E-state index >= 15 is 0 Å². The lowest BCUT2D eigenvalue weighted by atomic mass is 10.2. The van der Waals surface area contributed by atoms with Gasteiger partial charge >= 0.3 is 0 Å². The van der Waals surface area contributed by atoms with E-state index in [9.17, 15) is 0 Å². The van der Waals surface area contributed by atoms with Crippen molar-refractivity contribution < 1.29 is 0 Å². The average Bonchev–Trinajstić information content (AvgIpc) is 2.95. The van der Waals surface area contributed by atoms with Crippen LogP contribution in [0.4, 0.5) is 5.82 Å². The number of hydrogen-bond donors (Lipinski definition) is 2. The molecule has 1 saturated heterocycles. The summed E-state index contributed by atoms with van der Waals surface area (Å²) in [5.41, 5.74) is 0.941. The molecule has 0 amide bonds. The molecule has 5 heteroatoms. The van der Waals surface area contributed by atoms with E-state index in [2.05, 4.69) is 31.2 Å². The fraction of sp³-hybridized carbons (Fsp3) is 0.571. The van der Waals surface area contributed by atoms with E-state index in [1.807, 2.05) is 6.20 Å². The van der Waals surface area contributed by atoms with Gasteiger partial charge in [0.15, 0.2) is 0 Å². The number of rotatable bonds is 4. The lowest BCUT2D eigenvalue weighted by Crippen LogP contribution is -2.39. The second-order valence-corrected chi connectivity index (χ2v) is 5.68. The number of nitrogens with one attached hydrogen (secondary N) is 2. The predicted octanol–water partition coefficient (Wildman–Crippen LogP) is 1.54. The number of H-pyrrole nitrogens is 1. The Balaban J connectivity index is 1.73. The maximum absolute atomic E-state index is 4.57. The van der Waals surface area contributed by atoms with E-state index in [4.69, 9.17) is 0 Å². The van der Waals surface area contributed by atoms with Gasteiger partial charge in [0.05, 0.1) is 5.39 Å². The second-order valence-electron chi connectivity index (χ2n) is 5.68. The Labute approximate surface area is 112 Å². The van der Waals surface area contributed by atoms with Crippen molar-refractivity contribution in [2.75, 3.05) is 24.5 Å². The molecule has 4 rings (SSSR count). The maximum Gasteiger partial charge on any atom is 0.142 e. The third-order valence-electron chi connectivity index (χ3n) is 4.23. The van der Waals surface area contributed by atoms with E-state index in [0.29, 0.717) is 6.04 Å². The average molecular weight is 257 g/mol. The Bertz CT molecular complexity index is 568. The first-order chi connectivity index (χ1) is 9.42. The Morgan fingerprint density at radius 3 is 3.00 bits per heavy atom. The van der Waals surface area contributed by atoms with Crippen LogP contribution in [0.1, 0.15) is 19.3 Å². The molecule has 2 aliphatic rings. The second kappa shape index (κ2) is 4.49. The van der Waals surface area contributed by atoms with Crippen LogP contribution in [0.3, 0.4) is 0 Å². The molecule has 1 aliphatic carbocycles. The molecule has 1 atom stereocenters. The third kappa shape index (κ3) is 2.08. The fourth-order valence-corrected chi connectivity index (χ4v) is 2.98. The van der Waals surface area contributed by atoms with E-state index in [1.54, 1.807) is 6.33 Å². The Morgan fingerprint density at radius 1 is 1.26 bits per heavy atom. The van der Waals surface area contributed by atoms with Crippen LogP contribution >= 0.6 is 0 Å². The van der Waals surface area contributed by atoms with Crippen molar-refractivity contribution in [2.45, 2.75) is 25.3 Å². The summed E-state index contributed by atoms with van der Waals surface area (Å²) in [4.78, 5) is 14.6. The SMILES string of the molecule is c1nc(N(CC2CC2)C2CCNC2)c2cc[nH]c2n1. The molecule has 2 aromatic heterocycles. The predicted molar refractivity (Wildman–Crippen MR) is 75.2 cm³/mol. The monoisotopic (exact) mass is 257 g/mol. The quantitative estimate of drug-likeness (QED) is 0.872. The van der Waals surface area contributed by atoms with Crippen molar-refractivity contribution in [3.05, 3.63) is 18.6 Å². The first-order valence-electron chi connectivity index (χ1n) is 7.17. The van der Waals surface area contributed by atoms with Gasteiger partial charge in [-0.1, -0.05) is 0 Å². The van der Waals surface area contributed by atoms with Crippen molar-refractivity contribution in [3.8, 4) is 0 Å². The molecular weight excluding hydrogens is 238 g/mol. The third-order valence-corrected chi connectivity index (χ3v) is 4.23. The van der Waals surface area contributed by atoms with Gasteiger partial charge in [0.25, 0.3) is 0 Å². The van der Waals surface area contributed by atoms with Crippen LogP contribution in [-0.4, -0.2) is 40.6 Å². The minimum Gasteiger partial charge on any atom is -0.351 e. The summed E-state index contributed by atoms with van der Waals surface area (Å²) >= 11 is 0. The number of nitrogens with zero attached hydrogens (tertiary/aromatic N) is 3. The van der Waals surface area contributed by atoms with E-state index in [0.717, 1.165) is 42.4 Å². The summed E-state index contributed by atoms with van der Waals surface area (Å²) in [5.74, 6) is 1.97. The van der Waals surface area contributed by atoms with Gasteiger partial charge in [-0.15, -0.1) is 0 Å². The topological polar surface area (TPSA) is 56.8 Å². The van der Waals surface area contributed by atoms with Gasteiger partial charge < -0.3 is 15.2 Å². The summed E-state index contributed by atoms with van der Waals surface area (Å²) in [6.07, 6.45) is 7.58. The number of hydrogen-bond acceptors (Lipinski definition) is 4. The summed E-state index contributed by atoms with van der Waals surface area (Å²) < 4.78 is 0. The zero-order valence-electron chi connectivity index (χ0n) is 11.0. The first kappa shape index (κ1) is 11.2. The Kier molecular flexibility index (Phi) is 2.65. The molecule has 0 bridgehead atoms. The van der Waals surface area contributed by atoms with Crippen LogP contribution in [0.5, 0.6) is 0 Å². The molecule has 3 heterocycles. The lowest BCUT2D eigenvalue weighted by Gasteiger charge is -2.30. The summed E-state index contributed by atoms with van der Waals surface area (Å²) in [6.45, 7) is 3.33. The van der Waals surface area contributed by atoms with Gasteiger partial charge in [-0.05, 0) is 37.8 Å². The fourth-order valence-electron chi connectivity index (χ4n) is 2.98. The Morgan fingerprint density at radius 2 is 2.21 bits per heavy atom. The van der Waals surface area contributed by atoms with Crippen LogP contribution < -0.4 is 10.2 Å². The molecular formula is C14H19N5. The molecule has 1 saturated carbocycles. The smallest absolute Gasteiger partial charge is 0.142 e. The minimum absolute atomic E-state index is 0.577. The molecule has 19 heavy (non-hydrogen) atoms. The summed E-state index contributed by atoms with van der Waals surface area (Å²) in [6, 6.07) is 2.67. The highest BCUT2D eigenvalue weighted by Crippen LogP contribution is 2.34. The molecule has 1 unspecified atom stereocenters. The molecule has 1 aliphatic heterocycles. The van der Waals surface area contributed by atoms with Crippen molar-refractivity contribution in [1.29, 1.82) is 0 Å².